The zero-order valence-electron chi connectivity index (χ0n) is 16.3. The summed E-state index contributed by atoms with van der Waals surface area (Å²) in [4.78, 5) is 14.9. The maximum Gasteiger partial charge on any atom is 0.317 e. The van der Waals surface area contributed by atoms with E-state index in [2.05, 4.69) is 5.32 Å². The van der Waals surface area contributed by atoms with Crippen LogP contribution in [-0.2, 0) is 9.53 Å². The summed E-state index contributed by atoms with van der Waals surface area (Å²) in [5.41, 5.74) is 0.418. The first-order valence-electron chi connectivity index (χ1n) is 9.29. The zero-order valence-corrected chi connectivity index (χ0v) is 17.8. The van der Waals surface area contributed by atoms with E-state index in [1.54, 1.807) is 31.1 Å². The molecule has 1 fully saturated rings. The number of methoxy groups -OCH3 is 1. The van der Waals surface area contributed by atoms with Crippen LogP contribution in [0.4, 0.5) is 5.69 Å². The first-order chi connectivity index (χ1) is 13.9. The lowest BCUT2D eigenvalue weighted by molar-refractivity contribution is -0.159. The Kier molecular flexibility index (Phi) is 5.04. The van der Waals surface area contributed by atoms with Gasteiger partial charge in [0.15, 0.2) is 5.11 Å². The molecule has 2 aromatic carbocycles. The topological polar surface area (TPSA) is 60.0 Å². The van der Waals surface area contributed by atoms with Crippen molar-refractivity contribution in [3.63, 3.8) is 0 Å². The highest BCUT2D eigenvalue weighted by atomic mass is 35.5. The van der Waals surface area contributed by atoms with Gasteiger partial charge in [-0.1, -0.05) is 17.7 Å². The van der Waals surface area contributed by atoms with Gasteiger partial charge >= 0.3 is 5.97 Å². The summed E-state index contributed by atoms with van der Waals surface area (Å²) < 4.78 is 17.2. The largest absolute Gasteiger partial charge is 0.497 e. The summed E-state index contributed by atoms with van der Waals surface area (Å²) >= 11 is 11.9. The summed E-state index contributed by atoms with van der Waals surface area (Å²) in [6.45, 7) is 3.90. The molecule has 2 heterocycles. The predicted octanol–water partition coefficient (Wildman–Crippen LogP) is 4.07. The Morgan fingerprint density at radius 3 is 2.83 bits per heavy atom. The van der Waals surface area contributed by atoms with Crippen molar-refractivity contribution < 1.29 is 19.0 Å². The number of hydrogen-bond acceptors (Lipinski definition) is 5. The van der Waals surface area contributed by atoms with Crippen molar-refractivity contribution in [3.05, 3.63) is 53.1 Å². The van der Waals surface area contributed by atoms with Gasteiger partial charge in [0.1, 0.15) is 17.4 Å². The van der Waals surface area contributed by atoms with E-state index < -0.39 is 17.7 Å². The molecule has 0 saturated carbocycles. The molecule has 0 aromatic heterocycles. The molecule has 0 unspecified atom stereocenters. The molecule has 29 heavy (non-hydrogen) atoms. The van der Waals surface area contributed by atoms with Crippen LogP contribution in [0.3, 0.4) is 0 Å². The number of nitrogens with one attached hydrogen (secondary N) is 1. The molecular formula is C21H21ClN2O4S. The third kappa shape index (κ3) is 3.18. The molecule has 1 N–H and O–H groups in total. The number of fused-ring (bicyclic) bond motifs is 4. The molecule has 8 heteroatoms. The summed E-state index contributed by atoms with van der Waals surface area (Å²) in [6, 6.07) is 12.4. The quantitative estimate of drug-likeness (QED) is 0.577. The summed E-state index contributed by atoms with van der Waals surface area (Å²) in [5, 5.41) is 4.31. The van der Waals surface area contributed by atoms with Crippen molar-refractivity contribution in [2.75, 3.05) is 18.6 Å². The number of benzene rings is 2. The van der Waals surface area contributed by atoms with Gasteiger partial charge in [0.2, 0.25) is 5.72 Å². The van der Waals surface area contributed by atoms with Crippen LogP contribution in [0.1, 0.15) is 25.5 Å². The van der Waals surface area contributed by atoms with Crippen molar-refractivity contribution >= 4 is 40.6 Å². The zero-order chi connectivity index (χ0) is 20.8. The lowest BCUT2D eigenvalue weighted by Crippen LogP contribution is -2.71. The number of hydrogen-bond donors (Lipinski definition) is 1. The average Bonchev–Trinajstić information content (AvgIpc) is 2.67. The highest BCUT2D eigenvalue weighted by Gasteiger charge is 2.59. The number of anilines is 1. The fourth-order valence-electron chi connectivity index (χ4n) is 4.09. The number of esters is 1. The number of carbonyl (C=O) groups is 1. The first kappa shape index (κ1) is 19.8. The van der Waals surface area contributed by atoms with Crippen molar-refractivity contribution in [2.45, 2.75) is 25.6 Å². The molecule has 0 amide bonds. The van der Waals surface area contributed by atoms with Crippen LogP contribution in [0.25, 0.3) is 0 Å². The smallest absolute Gasteiger partial charge is 0.317 e. The minimum absolute atomic E-state index is 0.269. The highest BCUT2D eigenvalue weighted by Crippen LogP contribution is 2.50. The second-order valence-electron chi connectivity index (χ2n) is 7.03. The van der Waals surface area contributed by atoms with E-state index in [0.29, 0.717) is 21.6 Å². The minimum atomic E-state index is -1.11. The maximum atomic E-state index is 13.1. The van der Waals surface area contributed by atoms with E-state index >= 15 is 0 Å². The molecule has 2 aliphatic heterocycles. The van der Waals surface area contributed by atoms with Gasteiger partial charge in [-0.25, -0.2) is 0 Å². The Hall–Kier alpha value is -2.51. The fraction of sp³-hybridized carbons (Fsp3) is 0.333. The molecule has 2 aliphatic rings. The standard InChI is InChI=1S/C21H21ClN2O4S/c1-4-27-19(25)17-18-15-11-14(26-3)8-9-16(15)28-21(17,2)24(20(29)23-18)13-7-5-6-12(22)10-13/h5-11,17-18H,4H2,1-3H3,(H,23,29)/t17-,18-,21-/m0/s1. The van der Waals surface area contributed by atoms with E-state index in [1.807, 2.05) is 37.3 Å². The molecule has 152 valence electrons. The number of rotatable bonds is 4. The second-order valence-corrected chi connectivity index (χ2v) is 7.86. The van der Waals surface area contributed by atoms with Crippen LogP contribution in [0.15, 0.2) is 42.5 Å². The number of ether oxygens (including phenoxy) is 3. The number of nitrogens with zero attached hydrogens (tertiary/aromatic N) is 1. The van der Waals surface area contributed by atoms with Gasteiger partial charge in [0.25, 0.3) is 0 Å². The van der Waals surface area contributed by atoms with Crippen molar-refractivity contribution in [1.82, 2.24) is 5.32 Å². The number of carbonyl (C=O) groups excluding carboxylic acids is 1. The van der Waals surface area contributed by atoms with E-state index in [1.165, 1.54) is 0 Å². The van der Waals surface area contributed by atoms with E-state index in [-0.39, 0.29) is 12.6 Å². The predicted molar refractivity (Wildman–Crippen MR) is 115 cm³/mol. The molecular weight excluding hydrogens is 412 g/mol. The van der Waals surface area contributed by atoms with Crippen molar-refractivity contribution in [2.24, 2.45) is 5.92 Å². The van der Waals surface area contributed by atoms with E-state index in [0.717, 1.165) is 11.3 Å². The normalized spacial score (nSPS) is 24.8. The van der Waals surface area contributed by atoms with Crippen LogP contribution < -0.4 is 19.7 Å². The van der Waals surface area contributed by atoms with Crippen LogP contribution >= 0.6 is 23.8 Å². The third-order valence-corrected chi connectivity index (χ3v) is 5.85. The van der Waals surface area contributed by atoms with Crippen LogP contribution in [0.2, 0.25) is 5.02 Å². The molecule has 4 rings (SSSR count). The van der Waals surface area contributed by atoms with Gasteiger partial charge in [-0.15, -0.1) is 0 Å². The van der Waals surface area contributed by atoms with Crippen LogP contribution in [0.5, 0.6) is 11.5 Å². The molecule has 6 nitrogen and oxygen atoms in total. The molecule has 0 spiro atoms. The lowest BCUT2D eigenvalue weighted by Gasteiger charge is -2.55. The Bertz CT molecular complexity index is 985. The Morgan fingerprint density at radius 2 is 2.14 bits per heavy atom. The van der Waals surface area contributed by atoms with Gasteiger partial charge < -0.3 is 19.5 Å². The van der Waals surface area contributed by atoms with Gasteiger partial charge in [0.05, 0.1) is 19.8 Å². The summed E-state index contributed by atoms with van der Waals surface area (Å²) in [7, 11) is 1.60. The molecule has 2 aromatic rings. The van der Waals surface area contributed by atoms with Crippen molar-refractivity contribution in [1.29, 1.82) is 0 Å². The molecule has 0 radical (unpaired) electrons. The second kappa shape index (κ2) is 7.39. The molecule has 2 bridgehead atoms. The lowest BCUT2D eigenvalue weighted by atomic mass is 9.79. The minimum Gasteiger partial charge on any atom is -0.497 e. The first-order valence-corrected chi connectivity index (χ1v) is 10.1. The van der Waals surface area contributed by atoms with Gasteiger partial charge in [-0.2, -0.15) is 0 Å². The van der Waals surface area contributed by atoms with Crippen LogP contribution in [-0.4, -0.2) is 30.5 Å². The van der Waals surface area contributed by atoms with Gasteiger partial charge in [-0.3, -0.25) is 9.69 Å². The van der Waals surface area contributed by atoms with Crippen LogP contribution in [0, 0.1) is 5.92 Å². The maximum absolute atomic E-state index is 13.1. The Balaban J connectivity index is 1.89. The van der Waals surface area contributed by atoms with E-state index in [4.69, 9.17) is 38.0 Å². The third-order valence-electron chi connectivity index (χ3n) is 5.31. The van der Waals surface area contributed by atoms with E-state index in [9.17, 15) is 4.79 Å². The highest BCUT2D eigenvalue weighted by molar-refractivity contribution is 7.80. The van der Waals surface area contributed by atoms with Gasteiger partial charge in [-0.05, 0) is 62.5 Å². The molecule has 3 atom stereocenters. The SMILES string of the molecule is CCOC(=O)[C@@H]1[C@H]2NC(=S)N(c3cccc(Cl)c3)[C@@]1(C)Oc1ccc(OC)cc12. The molecule has 1 saturated heterocycles. The summed E-state index contributed by atoms with van der Waals surface area (Å²) in [5.74, 6) is 0.285. The Labute approximate surface area is 179 Å². The number of halogens is 1. The average molecular weight is 433 g/mol. The van der Waals surface area contributed by atoms with Crippen molar-refractivity contribution in [3.8, 4) is 11.5 Å². The fourth-order valence-corrected chi connectivity index (χ4v) is 4.68. The molecule has 0 aliphatic carbocycles. The number of thiocarbonyl (C=S) groups is 1. The van der Waals surface area contributed by atoms with Gasteiger partial charge in [0, 0.05) is 16.3 Å². The summed E-state index contributed by atoms with van der Waals surface area (Å²) in [6.07, 6.45) is 0. The Morgan fingerprint density at radius 1 is 1.34 bits per heavy atom. The monoisotopic (exact) mass is 432 g/mol.